The van der Waals surface area contributed by atoms with Crippen molar-refractivity contribution in [3.63, 3.8) is 0 Å². The van der Waals surface area contributed by atoms with Gasteiger partial charge < -0.3 is 25.4 Å². The maximum atomic E-state index is 12.5. The van der Waals surface area contributed by atoms with Crippen LogP contribution in [0.2, 0.25) is 0 Å². The maximum absolute atomic E-state index is 12.5. The van der Waals surface area contributed by atoms with Crippen LogP contribution in [0.4, 0.5) is 18.0 Å². The SMILES string of the molecule is COC(=O)C(NC(=O)N(CCCN)CC(=O)OC(=O)C(F)(F)F)c1ccccc1. The molecule has 0 heterocycles. The number of carbonyl (C=O) groups excluding carboxylic acids is 4. The van der Waals surface area contributed by atoms with E-state index < -0.39 is 42.7 Å². The van der Waals surface area contributed by atoms with Gasteiger partial charge in [0.25, 0.3) is 0 Å². The maximum Gasteiger partial charge on any atom is 0.491 e. The first-order valence-electron chi connectivity index (χ1n) is 8.30. The van der Waals surface area contributed by atoms with E-state index in [9.17, 15) is 32.3 Å². The number of hydrogen-bond acceptors (Lipinski definition) is 7. The number of ether oxygens (including phenoxy) is 2. The van der Waals surface area contributed by atoms with Crippen molar-refractivity contribution in [1.29, 1.82) is 0 Å². The van der Waals surface area contributed by atoms with Crippen LogP contribution in [0.15, 0.2) is 30.3 Å². The van der Waals surface area contributed by atoms with Crippen molar-refractivity contribution in [3.05, 3.63) is 35.9 Å². The molecule has 12 heteroatoms. The Hall–Kier alpha value is -3.15. The molecule has 0 aliphatic carbocycles. The molecule has 0 aliphatic rings. The standard InChI is InChI=1S/C17H20F3N3O6/c1-28-14(25)13(11-6-3-2-4-7-11)22-16(27)23(9-5-8-21)10-12(24)29-15(26)17(18,19)20/h2-4,6-7,13H,5,8-10,21H2,1H3,(H,22,27). The Labute approximate surface area is 163 Å². The van der Waals surface area contributed by atoms with Crippen LogP contribution in [0.5, 0.6) is 0 Å². The highest BCUT2D eigenvalue weighted by Crippen LogP contribution is 2.17. The minimum absolute atomic E-state index is 0.111. The Morgan fingerprint density at radius 1 is 1.17 bits per heavy atom. The number of halogens is 3. The number of amides is 2. The van der Waals surface area contributed by atoms with Crippen molar-refractivity contribution < 1.29 is 41.8 Å². The summed E-state index contributed by atoms with van der Waals surface area (Å²) in [5.74, 6) is -5.09. The lowest BCUT2D eigenvalue weighted by Gasteiger charge is -2.25. The second-order valence-corrected chi connectivity index (χ2v) is 5.64. The lowest BCUT2D eigenvalue weighted by molar-refractivity contribution is -0.202. The summed E-state index contributed by atoms with van der Waals surface area (Å²) in [4.78, 5) is 47.7. The molecule has 0 fully saturated rings. The van der Waals surface area contributed by atoms with E-state index in [2.05, 4.69) is 14.8 Å². The van der Waals surface area contributed by atoms with Crippen molar-refractivity contribution in [2.45, 2.75) is 18.6 Å². The Kier molecular flexibility index (Phi) is 9.06. The number of esters is 3. The molecule has 3 N–H and O–H groups in total. The highest BCUT2D eigenvalue weighted by Gasteiger charge is 2.42. The average Bonchev–Trinajstić information content (AvgIpc) is 2.68. The molecule has 2 amide bonds. The van der Waals surface area contributed by atoms with E-state index in [4.69, 9.17) is 5.73 Å². The zero-order valence-electron chi connectivity index (χ0n) is 15.4. The summed E-state index contributed by atoms with van der Waals surface area (Å²) in [6.45, 7) is -0.990. The van der Waals surface area contributed by atoms with Crippen LogP contribution in [0, 0.1) is 0 Å². The van der Waals surface area contributed by atoms with Crippen molar-refractivity contribution in [2.75, 3.05) is 26.7 Å². The first kappa shape index (κ1) is 23.9. The topological polar surface area (TPSA) is 128 Å². The molecule has 0 spiro atoms. The van der Waals surface area contributed by atoms with E-state index in [0.717, 1.165) is 12.0 Å². The van der Waals surface area contributed by atoms with Gasteiger partial charge in [-0.1, -0.05) is 30.3 Å². The first-order valence-corrected chi connectivity index (χ1v) is 8.30. The molecule has 0 aromatic heterocycles. The summed E-state index contributed by atoms with van der Waals surface area (Å²) in [6, 6.07) is 5.80. The Balaban J connectivity index is 2.92. The smallest absolute Gasteiger partial charge is 0.467 e. The summed E-state index contributed by atoms with van der Waals surface area (Å²) in [6.07, 6.45) is -5.16. The molecule has 0 radical (unpaired) electrons. The second kappa shape index (κ2) is 11.0. The fraction of sp³-hybridized carbons (Fsp3) is 0.412. The van der Waals surface area contributed by atoms with Gasteiger partial charge >= 0.3 is 30.1 Å². The summed E-state index contributed by atoms with van der Waals surface area (Å²) in [5, 5.41) is 2.34. The van der Waals surface area contributed by atoms with Crippen LogP contribution in [0.3, 0.4) is 0 Å². The van der Waals surface area contributed by atoms with Gasteiger partial charge in [0.05, 0.1) is 7.11 Å². The Morgan fingerprint density at radius 3 is 2.31 bits per heavy atom. The highest BCUT2D eigenvalue weighted by molar-refractivity contribution is 5.91. The first-order chi connectivity index (χ1) is 13.6. The average molecular weight is 419 g/mol. The number of rotatable bonds is 8. The van der Waals surface area contributed by atoms with Crippen LogP contribution in [0.1, 0.15) is 18.0 Å². The molecule has 1 aromatic carbocycles. The molecule has 1 rings (SSSR count). The molecule has 0 aliphatic heterocycles. The lowest BCUT2D eigenvalue weighted by atomic mass is 10.1. The van der Waals surface area contributed by atoms with Crippen LogP contribution in [-0.4, -0.2) is 61.8 Å². The van der Waals surface area contributed by atoms with Gasteiger partial charge in [-0.05, 0) is 18.5 Å². The quantitative estimate of drug-likeness (QED) is 0.473. The molecule has 0 saturated carbocycles. The summed E-state index contributed by atoms with van der Waals surface area (Å²) >= 11 is 0. The molecule has 1 aromatic rings. The van der Waals surface area contributed by atoms with E-state index >= 15 is 0 Å². The van der Waals surface area contributed by atoms with Gasteiger partial charge in [0.15, 0.2) is 6.04 Å². The fourth-order valence-electron chi connectivity index (χ4n) is 2.14. The summed E-state index contributed by atoms with van der Waals surface area (Å²) < 4.78 is 45.0. The number of urea groups is 1. The number of methoxy groups -OCH3 is 1. The number of nitrogens with two attached hydrogens (primary N) is 1. The Bertz CT molecular complexity index is 727. The third-order valence-corrected chi connectivity index (χ3v) is 3.51. The lowest BCUT2D eigenvalue weighted by Crippen LogP contribution is -2.47. The highest BCUT2D eigenvalue weighted by atomic mass is 19.4. The monoisotopic (exact) mass is 419 g/mol. The number of carbonyl (C=O) groups is 4. The van der Waals surface area contributed by atoms with Gasteiger partial charge in [0.1, 0.15) is 6.54 Å². The predicted molar refractivity (Wildman–Crippen MR) is 92.1 cm³/mol. The number of hydrogen-bond donors (Lipinski definition) is 2. The molecule has 0 saturated heterocycles. The summed E-state index contributed by atoms with van der Waals surface area (Å²) in [7, 11) is 1.11. The van der Waals surface area contributed by atoms with Crippen molar-refractivity contribution >= 4 is 23.9 Å². The molecule has 0 bridgehead atoms. The number of benzene rings is 1. The van der Waals surface area contributed by atoms with E-state index in [-0.39, 0.29) is 19.5 Å². The van der Waals surface area contributed by atoms with Gasteiger partial charge in [0.2, 0.25) is 0 Å². The number of alkyl halides is 3. The van der Waals surface area contributed by atoms with Crippen LogP contribution in [0.25, 0.3) is 0 Å². The molecule has 1 atom stereocenters. The molecular formula is C17H20F3N3O6. The third kappa shape index (κ3) is 7.78. The fourth-order valence-corrected chi connectivity index (χ4v) is 2.14. The van der Waals surface area contributed by atoms with E-state index in [1.54, 1.807) is 30.3 Å². The predicted octanol–water partition coefficient (Wildman–Crippen LogP) is 0.893. The largest absolute Gasteiger partial charge is 0.491 e. The Morgan fingerprint density at radius 2 is 1.79 bits per heavy atom. The van der Waals surface area contributed by atoms with Crippen molar-refractivity contribution in [1.82, 2.24) is 10.2 Å². The van der Waals surface area contributed by atoms with Gasteiger partial charge in [-0.2, -0.15) is 13.2 Å². The van der Waals surface area contributed by atoms with Gasteiger partial charge in [-0.15, -0.1) is 0 Å². The van der Waals surface area contributed by atoms with Crippen molar-refractivity contribution in [2.24, 2.45) is 5.73 Å². The zero-order chi connectivity index (χ0) is 22.0. The summed E-state index contributed by atoms with van der Waals surface area (Å²) in [5.41, 5.74) is 5.73. The minimum atomic E-state index is -5.36. The van der Waals surface area contributed by atoms with Crippen LogP contribution in [-0.2, 0) is 23.9 Å². The van der Waals surface area contributed by atoms with Crippen LogP contribution < -0.4 is 11.1 Å². The molecule has 29 heavy (non-hydrogen) atoms. The zero-order valence-corrected chi connectivity index (χ0v) is 15.4. The van der Waals surface area contributed by atoms with Gasteiger partial charge in [0, 0.05) is 6.54 Å². The molecule has 9 nitrogen and oxygen atoms in total. The number of nitrogens with one attached hydrogen (secondary N) is 1. The number of nitrogens with zero attached hydrogens (tertiary/aromatic N) is 1. The van der Waals surface area contributed by atoms with E-state index in [0.29, 0.717) is 5.56 Å². The van der Waals surface area contributed by atoms with Gasteiger partial charge in [-0.3, -0.25) is 0 Å². The molecule has 160 valence electrons. The second-order valence-electron chi connectivity index (χ2n) is 5.64. The van der Waals surface area contributed by atoms with Crippen LogP contribution >= 0.6 is 0 Å². The third-order valence-electron chi connectivity index (χ3n) is 3.51. The molecule has 1 unspecified atom stereocenters. The normalized spacial score (nSPS) is 11.9. The van der Waals surface area contributed by atoms with E-state index in [1.165, 1.54) is 0 Å². The molecular weight excluding hydrogens is 399 g/mol. The minimum Gasteiger partial charge on any atom is -0.467 e. The van der Waals surface area contributed by atoms with Gasteiger partial charge in [-0.25, -0.2) is 19.2 Å². The van der Waals surface area contributed by atoms with E-state index in [1.807, 2.05) is 0 Å². The van der Waals surface area contributed by atoms with Crippen molar-refractivity contribution in [3.8, 4) is 0 Å².